The van der Waals surface area contributed by atoms with Gasteiger partial charge in [0.25, 0.3) is 0 Å². The van der Waals surface area contributed by atoms with Gasteiger partial charge in [-0.2, -0.15) is 13.2 Å². The maximum Gasteiger partial charge on any atom is 0.391 e. The van der Waals surface area contributed by atoms with Gasteiger partial charge in [0.2, 0.25) is 70.9 Å². The topological polar surface area (TPSA) is 289 Å². The molecule has 0 aromatic heterocycles. The second-order valence-corrected chi connectivity index (χ2v) is 33.1. The summed E-state index contributed by atoms with van der Waals surface area (Å²) in [6.45, 7) is 9.84. The monoisotopic (exact) mass is 1520 g/mol. The van der Waals surface area contributed by atoms with Crippen LogP contribution in [0.1, 0.15) is 189 Å². The molecule has 106 heavy (non-hydrogen) atoms. The Kier molecular flexibility index (Phi) is 30.8. The van der Waals surface area contributed by atoms with E-state index in [1.54, 1.807) is 33.1 Å². The van der Waals surface area contributed by atoms with Crippen molar-refractivity contribution in [3.05, 3.63) is 12.2 Å². The lowest BCUT2D eigenvalue weighted by atomic mass is 9.58. The van der Waals surface area contributed by atoms with Crippen molar-refractivity contribution in [1.82, 2.24) is 60.0 Å². The van der Waals surface area contributed by atoms with E-state index in [4.69, 9.17) is 21.1 Å². The van der Waals surface area contributed by atoms with Crippen LogP contribution < -0.4 is 16.0 Å². The highest BCUT2D eigenvalue weighted by molar-refractivity contribution is 6.21. The number of likely N-dealkylation sites (N-methyl/N-ethyl adjacent to an activating group) is 7. The third kappa shape index (κ3) is 21.0. The van der Waals surface area contributed by atoms with Gasteiger partial charge in [-0.1, -0.05) is 72.5 Å². The molecule has 30 heteroatoms. The van der Waals surface area contributed by atoms with E-state index in [2.05, 4.69) is 16.0 Å². The molecule has 2 bridgehead atoms. The Bertz CT molecular complexity index is 3160. The maximum absolute atomic E-state index is 15.8. The molecule has 3 heterocycles. The van der Waals surface area contributed by atoms with Crippen LogP contribution in [0.5, 0.6) is 0 Å². The summed E-state index contributed by atoms with van der Waals surface area (Å²) in [5.41, 5.74) is -2.12. The molecule has 0 radical (unpaired) electrons. The molecule has 7 rings (SSSR count). The van der Waals surface area contributed by atoms with Crippen molar-refractivity contribution < 1.29 is 80.2 Å². The molecule has 7 aliphatic rings. The molecular formula is C76H122ClF3N12O14. The lowest BCUT2D eigenvalue weighted by molar-refractivity contribution is -0.184. The zero-order chi connectivity index (χ0) is 78.6. The van der Waals surface area contributed by atoms with Gasteiger partial charge >= 0.3 is 6.18 Å². The highest BCUT2D eigenvalue weighted by atomic mass is 35.5. The van der Waals surface area contributed by atoms with E-state index in [-0.39, 0.29) is 114 Å². The van der Waals surface area contributed by atoms with E-state index in [9.17, 15) is 41.9 Å². The van der Waals surface area contributed by atoms with Crippen LogP contribution in [-0.4, -0.2) is 289 Å². The van der Waals surface area contributed by atoms with E-state index in [0.29, 0.717) is 51.4 Å². The average Bonchev–Trinajstić information content (AvgIpc) is 0.845. The highest BCUT2D eigenvalue weighted by Gasteiger charge is 2.59. The van der Waals surface area contributed by atoms with E-state index in [0.717, 1.165) is 22.6 Å². The minimum Gasteiger partial charge on any atom is -0.380 e. The quantitative estimate of drug-likeness (QED) is 0.135. The Balaban J connectivity index is 1.33. The Morgan fingerprint density at radius 2 is 1.33 bits per heavy atom. The van der Waals surface area contributed by atoms with E-state index in [1.807, 2.05) is 27.7 Å². The Hall–Kier alpha value is -6.62. The van der Waals surface area contributed by atoms with Gasteiger partial charge in [0.15, 0.2) is 0 Å². The first-order valence-corrected chi connectivity index (χ1v) is 39.1. The van der Waals surface area contributed by atoms with Gasteiger partial charge in [-0.05, 0) is 145 Å². The van der Waals surface area contributed by atoms with Crippen LogP contribution in [0.2, 0.25) is 0 Å². The fourth-order valence-corrected chi connectivity index (χ4v) is 18.0. The molecule has 598 valence electrons. The number of carbonyl (C=O) groups excluding carboxylic acids is 12. The first kappa shape index (κ1) is 86.6. The van der Waals surface area contributed by atoms with Crippen LogP contribution in [0.4, 0.5) is 13.2 Å². The van der Waals surface area contributed by atoms with Gasteiger partial charge in [0.1, 0.15) is 53.9 Å². The van der Waals surface area contributed by atoms with Crippen LogP contribution in [0, 0.1) is 35.0 Å². The lowest BCUT2D eigenvalue weighted by Crippen LogP contribution is -2.71. The number of methoxy groups -OCH3 is 1. The van der Waals surface area contributed by atoms with Crippen LogP contribution in [0.15, 0.2) is 12.2 Å². The number of nitrogens with zero attached hydrogens (tertiary/aromatic N) is 9. The normalized spacial score (nSPS) is 31.9. The number of ether oxygens (including phenoxy) is 2. The van der Waals surface area contributed by atoms with Crippen LogP contribution >= 0.6 is 11.6 Å². The summed E-state index contributed by atoms with van der Waals surface area (Å²) in [5.74, 6) is -11.1. The number of amides is 12. The first-order valence-electron chi connectivity index (χ1n) is 38.6. The number of carbonyl (C=O) groups is 12. The molecule has 13 atom stereocenters. The predicted molar refractivity (Wildman–Crippen MR) is 391 cm³/mol. The van der Waals surface area contributed by atoms with Gasteiger partial charge in [0.05, 0.1) is 43.0 Å². The van der Waals surface area contributed by atoms with Gasteiger partial charge in [-0.3, -0.25) is 57.5 Å². The van der Waals surface area contributed by atoms with Crippen molar-refractivity contribution >= 4 is 82.5 Å². The summed E-state index contributed by atoms with van der Waals surface area (Å²) in [7, 11) is 13.0. The summed E-state index contributed by atoms with van der Waals surface area (Å²) in [4.78, 5) is 193. The van der Waals surface area contributed by atoms with Crippen molar-refractivity contribution in [2.45, 2.75) is 267 Å². The minimum absolute atomic E-state index is 0.000507. The third-order valence-electron chi connectivity index (χ3n) is 24.0. The lowest BCUT2D eigenvalue weighted by Gasteiger charge is -2.54. The number of rotatable bonds is 14. The summed E-state index contributed by atoms with van der Waals surface area (Å²) >= 11 is 6.69. The van der Waals surface area contributed by atoms with Crippen LogP contribution in [0.3, 0.4) is 0 Å². The highest BCUT2D eigenvalue weighted by Crippen LogP contribution is 2.50. The number of hydrogen-bond donors (Lipinski definition) is 3. The van der Waals surface area contributed by atoms with E-state index in [1.165, 1.54) is 90.7 Å². The Labute approximate surface area is 630 Å². The Morgan fingerprint density at radius 1 is 0.689 bits per heavy atom. The van der Waals surface area contributed by atoms with Crippen molar-refractivity contribution in [1.29, 1.82) is 0 Å². The minimum atomic E-state index is -4.44. The van der Waals surface area contributed by atoms with Gasteiger partial charge in [-0.15, -0.1) is 11.6 Å². The number of alkyl halides is 4. The second-order valence-electron chi connectivity index (χ2n) is 32.5. The van der Waals surface area contributed by atoms with Crippen LogP contribution in [-0.2, 0) is 67.0 Å². The molecule has 4 aliphatic carbocycles. The molecule has 1 spiro atoms. The first-order chi connectivity index (χ1) is 49.8. The summed E-state index contributed by atoms with van der Waals surface area (Å²) in [6, 6.07) is -10.3. The van der Waals surface area contributed by atoms with Gasteiger partial charge in [0, 0.05) is 89.6 Å². The SMILES string of the molecule is CCC[C@H]1C(=O)N[C@@H]([C@@H](C)CC)C(=O)N(C)CC(=O)N(C)[C@H]2C/C=C\CCN(C2=O)[C@@H](CC2CCC(C(F)(F)F)CC2)C(=O)N(C)CC(=O)N[C@@H](CCC2CCC(Cl)C(OC)C2)C(=O)N2C[C@H](OCC)C[C@H]2C(=O)NC2(CC(C)(C)C2)C(=O)N(C)[C@@H](C2CCCC2)C(=O)N(C)[C@H](C(=O)N(C)C)CC(=O)N1C. The largest absolute Gasteiger partial charge is 0.391 e. The van der Waals surface area contributed by atoms with E-state index < -0.39 is 186 Å². The molecule has 0 aromatic carbocycles. The number of halogens is 4. The zero-order valence-electron chi connectivity index (χ0n) is 65.4. The predicted octanol–water partition coefficient (Wildman–Crippen LogP) is 5.90. The molecule has 4 saturated carbocycles. The van der Waals surface area contributed by atoms with Gasteiger partial charge in [-0.25, -0.2) is 0 Å². The average molecular weight is 1520 g/mol. The Morgan fingerprint density at radius 3 is 1.92 bits per heavy atom. The van der Waals surface area contributed by atoms with Gasteiger partial charge < -0.3 is 69.5 Å². The number of nitrogens with one attached hydrogen (secondary N) is 3. The molecule has 6 fully saturated rings. The number of hydrogen-bond acceptors (Lipinski definition) is 14. The molecular weight excluding hydrogens is 1400 g/mol. The molecule has 3 aliphatic heterocycles. The molecule has 3 unspecified atom stereocenters. The molecule has 2 saturated heterocycles. The zero-order valence-corrected chi connectivity index (χ0v) is 66.2. The van der Waals surface area contributed by atoms with Crippen molar-refractivity contribution in [3.63, 3.8) is 0 Å². The summed E-state index contributed by atoms with van der Waals surface area (Å²) < 4.78 is 54.4. The van der Waals surface area contributed by atoms with Crippen LogP contribution in [0.25, 0.3) is 0 Å². The molecule has 12 amide bonds. The smallest absolute Gasteiger partial charge is 0.380 e. The fourth-order valence-electron chi connectivity index (χ4n) is 17.6. The van der Waals surface area contributed by atoms with Crippen molar-refractivity contribution in [2.24, 2.45) is 35.0 Å². The standard InChI is InChI=1S/C76H122ClF3N12O14/c1-16-24-54-65(96)82-63(46(4)17-2)71(102)86(10)43-62(95)88(12)55-27-20-19-23-36-91(70(55)101)58(37-47-28-32-50(33-29-47)76(78,79)80)69(100)85(9)42-60(93)81-53(35-31-48-30-34-52(77)59(38-48)105-15)67(98)92-41-51(106-18-3)39-56(92)66(97)83-75(44-74(5,6)45-75)73(104)90(14)64(49-25-21-22-26-49)72(103)89(13)57(68(99)84(7)8)40-61(94)87(54)11/h19-20,46-59,63-64H,16-18,21-45H2,1-15H3,(H,81,93)(H,82,96)(H,83,97)/b20-19-/t46-,47?,48?,50?,51+,52?,53-,54-,55-,56-,57-,58-,59?,63-,64-/m0/s1. The summed E-state index contributed by atoms with van der Waals surface area (Å²) in [6.07, 6.45) is 3.38. The van der Waals surface area contributed by atoms with Crippen molar-refractivity contribution in [2.75, 3.05) is 96.3 Å². The maximum atomic E-state index is 15.8. The third-order valence-corrected chi connectivity index (χ3v) is 24.5. The number of fused-ring (bicyclic) bond motifs is 3. The van der Waals surface area contributed by atoms with Crippen molar-refractivity contribution in [3.8, 4) is 0 Å². The molecule has 26 nitrogen and oxygen atoms in total. The fraction of sp³-hybridized carbons (Fsp3) is 0.816. The molecule has 0 aromatic rings. The van der Waals surface area contributed by atoms with E-state index >= 15 is 28.8 Å². The molecule has 3 N–H and O–H groups in total. The summed E-state index contributed by atoms with van der Waals surface area (Å²) in [5, 5.41) is 8.67. The second kappa shape index (κ2) is 37.7.